The van der Waals surface area contributed by atoms with Crippen LogP contribution in [-0.2, 0) is 6.61 Å². The number of pyridine rings is 1. The van der Waals surface area contributed by atoms with Gasteiger partial charge in [-0.2, -0.15) is 0 Å². The number of benzene rings is 1. The van der Waals surface area contributed by atoms with Crippen molar-refractivity contribution in [1.29, 1.82) is 0 Å². The minimum absolute atomic E-state index is 0.0431. The summed E-state index contributed by atoms with van der Waals surface area (Å²) in [4.78, 5) is 7.11. The summed E-state index contributed by atoms with van der Waals surface area (Å²) in [6, 6.07) is 8.91. The lowest BCUT2D eigenvalue weighted by atomic mass is 10.1. The Kier molecular flexibility index (Phi) is 3.62. The van der Waals surface area contributed by atoms with Crippen molar-refractivity contribution < 1.29 is 5.11 Å². The van der Waals surface area contributed by atoms with Gasteiger partial charge >= 0.3 is 0 Å². The topological polar surface area (TPSA) is 36.4 Å². The summed E-state index contributed by atoms with van der Waals surface area (Å²) >= 11 is 0. The Balaban J connectivity index is 2.10. The molecule has 0 saturated heterocycles. The van der Waals surface area contributed by atoms with Gasteiger partial charge in [-0.05, 0) is 24.1 Å². The van der Waals surface area contributed by atoms with Crippen LogP contribution < -0.4 is 4.90 Å². The van der Waals surface area contributed by atoms with Gasteiger partial charge in [-0.15, -0.1) is 0 Å². The molecule has 0 atom stereocenters. The number of rotatable bonds is 5. The lowest BCUT2D eigenvalue weighted by molar-refractivity contribution is 0.283. The van der Waals surface area contributed by atoms with E-state index >= 15 is 0 Å². The van der Waals surface area contributed by atoms with Crippen LogP contribution in [0.2, 0.25) is 0 Å². The number of anilines is 1. The van der Waals surface area contributed by atoms with Gasteiger partial charge in [0.1, 0.15) is 5.82 Å². The molecule has 0 radical (unpaired) electrons. The van der Waals surface area contributed by atoms with Crippen molar-refractivity contribution in [3.05, 3.63) is 36.0 Å². The summed E-state index contributed by atoms with van der Waals surface area (Å²) in [5.41, 5.74) is 0.907. The molecule has 0 amide bonds. The molecule has 1 heterocycles. The molecule has 3 rings (SSSR count). The van der Waals surface area contributed by atoms with Gasteiger partial charge in [0.25, 0.3) is 0 Å². The van der Waals surface area contributed by atoms with Crippen LogP contribution in [0.4, 0.5) is 5.82 Å². The predicted molar refractivity (Wildman–Crippen MR) is 82.9 cm³/mol. The summed E-state index contributed by atoms with van der Waals surface area (Å²) in [5.74, 6) is 1.70. The molecular formula is C17H22N2O. The number of nitrogens with zero attached hydrogens (tertiary/aromatic N) is 2. The van der Waals surface area contributed by atoms with E-state index in [9.17, 15) is 5.11 Å². The molecular weight excluding hydrogens is 248 g/mol. The van der Waals surface area contributed by atoms with E-state index in [0.717, 1.165) is 28.7 Å². The van der Waals surface area contributed by atoms with Gasteiger partial charge in [0.2, 0.25) is 0 Å². The van der Waals surface area contributed by atoms with Crippen molar-refractivity contribution in [3.63, 3.8) is 0 Å². The second kappa shape index (κ2) is 5.41. The first-order valence-electron chi connectivity index (χ1n) is 7.45. The van der Waals surface area contributed by atoms with Gasteiger partial charge in [-0.25, -0.2) is 4.98 Å². The maximum absolute atomic E-state index is 9.48. The van der Waals surface area contributed by atoms with Crippen LogP contribution in [0.15, 0.2) is 30.5 Å². The fourth-order valence-corrected chi connectivity index (χ4v) is 2.78. The normalized spacial score (nSPS) is 15.0. The molecule has 2 aromatic rings. The molecule has 1 aromatic carbocycles. The first-order valence-corrected chi connectivity index (χ1v) is 7.45. The second-order valence-corrected chi connectivity index (χ2v) is 6.09. The van der Waals surface area contributed by atoms with Crippen LogP contribution in [0.1, 0.15) is 32.3 Å². The Morgan fingerprint density at radius 2 is 1.95 bits per heavy atom. The molecule has 1 saturated carbocycles. The maximum Gasteiger partial charge on any atom is 0.136 e. The Morgan fingerprint density at radius 3 is 2.55 bits per heavy atom. The Labute approximate surface area is 120 Å². The Morgan fingerprint density at radius 1 is 1.25 bits per heavy atom. The third kappa shape index (κ3) is 2.50. The first-order chi connectivity index (χ1) is 9.70. The molecule has 1 N–H and O–H groups in total. The van der Waals surface area contributed by atoms with Crippen LogP contribution >= 0.6 is 0 Å². The molecule has 3 nitrogen and oxygen atoms in total. The average Bonchev–Trinajstić information content (AvgIpc) is 3.28. The van der Waals surface area contributed by atoms with Crippen molar-refractivity contribution in [2.75, 3.05) is 11.4 Å². The molecule has 3 heteroatoms. The first kappa shape index (κ1) is 13.4. The predicted octanol–water partition coefficient (Wildman–Crippen LogP) is 3.35. The molecule has 1 aromatic heterocycles. The molecule has 0 spiro atoms. The molecule has 20 heavy (non-hydrogen) atoms. The van der Waals surface area contributed by atoms with E-state index in [4.69, 9.17) is 0 Å². The van der Waals surface area contributed by atoms with Crippen LogP contribution in [0.5, 0.6) is 0 Å². The lowest BCUT2D eigenvalue weighted by Gasteiger charge is -2.27. The van der Waals surface area contributed by atoms with Crippen LogP contribution in [0.25, 0.3) is 10.8 Å². The van der Waals surface area contributed by atoms with Gasteiger partial charge in [0.15, 0.2) is 0 Å². The molecule has 1 aliphatic carbocycles. The standard InChI is InChI=1S/C17H22N2O/c1-12(2)10-19(14-7-8-14)17-16-6-4-3-5-15(16)13(11-20)9-18-17/h3-6,9,12,14,20H,7-8,10-11H2,1-2H3. The van der Waals surface area contributed by atoms with E-state index in [1.165, 1.54) is 12.8 Å². The molecule has 0 unspecified atom stereocenters. The monoisotopic (exact) mass is 270 g/mol. The molecule has 106 valence electrons. The average molecular weight is 270 g/mol. The van der Waals surface area contributed by atoms with Crippen LogP contribution in [0, 0.1) is 5.92 Å². The van der Waals surface area contributed by atoms with Gasteiger partial charge in [0.05, 0.1) is 6.61 Å². The number of aliphatic hydroxyl groups excluding tert-OH is 1. The van der Waals surface area contributed by atoms with E-state index in [-0.39, 0.29) is 6.61 Å². The van der Waals surface area contributed by atoms with Gasteiger partial charge in [-0.1, -0.05) is 38.1 Å². The number of hydrogen-bond acceptors (Lipinski definition) is 3. The third-order valence-electron chi connectivity index (χ3n) is 3.85. The van der Waals surface area contributed by atoms with Crippen molar-refractivity contribution in [1.82, 2.24) is 4.98 Å². The number of aliphatic hydroxyl groups is 1. The van der Waals surface area contributed by atoms with Crippen LogP contribution in [-0.4, -0.2) is 22.7 Å². The third-order valence-corrected chi connectivity index (χ3v) is 3.85. The molecule has 0 bridgehead atoms. The van der Waals surface area contributed by atoms with Gasteiger partial charge in [0, 0.05) is 29.7 Å². The molecule has 0 aliphatic heterocycles. The van der Waals surface area contributed by atoms with Crippen molar-refractivity contribution in [2.45, 2.75) is 39.3 Å². The zero-order valence-corrected chi connectivity index (χ0v) is 12.2. The zero-order valence-electron chi connectivity index (χ0n) is 12.2. The zero-order chi connectivity index (χ0) is 14.1. The van der Waals surface area contributed by atoms with Gasteiger partial charge < -0.3 is 10.0 Å². The Hall–Kier alpha value is -1.61. The number of fused-ring (bicyclic) bond motifs is 1. The fourth-order valence-electron chi connectivity index (χ4n) is 2.78. The highest BCUT2D eigenvalue weighted by atomic mass is 16.3. The minimum atomic E-state index is 0.0431. The molecule has 1 aliphatic rings. The Bertz CT molecular complexity index is 605. The largest absolute Gasteiger partial charge is 0.392 e. The summed E-state index contributed by atoms with van der Waals surface area (Å²) in [6.07, 6.45) is 4.36. The van der Waals surface area contributed by atoms with Crippen molar-refractivity contribution in [2.24, 2.45) is 5.92 Å². The SMILES string of the molecule is CC(C)CN(c1ncc(CO)c2ccccc12)C1CC1. The summed E-state index contributed by atoms with van der Waals surface area (Å²) in [6.45, 7) is 5.58. The quantitative estimate of drug-likeness (QED) is 0.905. The minimum Gasteiger partial charge on any atom is -0.392 e. The fraction of sp³-hybridized carbons (Fsp3) is 0.471. The highest BCUT2D eigenvalue weighted by Crippen LogP contribution is 2.35. The highest BCUT2D eigenvalue weighted by molar-refractivity contribution is 5.94. The van der Waals surface area contributed by atoms with E-state index in [2.05, 4.69) is 41.9 Å². The van der Waals surface area contributed by atoms with Crippen molar-refractivity contribution >= 4 is 16.6 Å². The lowest BCUT2D eigenvalue weighted by Crippen LogP contribution is -2.30. The number of aromatic nitrogens is 1. The molecule has 1 fully saturated rings. The van der Waals surface area contributed by atoms with Gasteiger partial charge in [-0.3, -0.25) is 0 Å². The van der Waals surface area contributed by atoms with Crippen molar-refractivity contribution in [3.8, 4) is 0 Å². The highest BCUT2D eigenvalue weighted by Gasteiger charge is 2.31. The van der Waals surface area contributed by atoms with E-state index in [1.807, 2.05) is 12.3 Å². The smallest absolute Gasteiger partial charge is 0.136 e. The number of hydrogen-bond donors (Lipinski definition) is 1. The maximum atomic E-state index is 9.48. The summed E-state index contributed by atoms with van der Waals surface area (Å²) in [5, 5.41) is 11.8. The van der Waals surface area contributed by atoms with Crippen LogP contribution in [0.3, 0.4) is 0 Å². The summed E-state index contributed by atoms with van der Waals surface area (Å²) < 4.78 is 0. The van der Waals surface area contributed by atoms with E-state index in [1.54, 1.807) is 0 Å². The van der Waals surface area contributed by atoms with E-state index < -0.39 is 0 Å². The second-order valence-electron chi connectivity index (χ2n) is 6.09. The van der Waals surface area contributed by atoms with E-state index in [0.29, 0.717) is 12.0 Å². The summed E-state index contributed by atoms with van der Waals surface area (Å²) in [7, 11) is 0.